The van der Waals surface area contributed by atoms with Crippen LogP contribution in [0.25, 0.3) is 32.3 Å². The van der Waals surface area contributed by atoms with E-state index < -0.39 is 5.97 Å². The topological polar surface area (TPSA) is 97.7 Å². The van der Waals surface area contributed by atoms with Gasteiger partial charge in [0.2, 0.25) is 0 Å². The lowest BCUT2D eigenvalue weighted by Crippen LogP contribution is -2.02. The summed E-state index contributed by atoms with van der Waals surface area (Å²) in [5, 5.41) is 16.3. The van der Waals surface area contributed by atoms with Crippen LogP contribution < -0.4 is 11.3 Å². The predicted octanol–water partition coefficient (Wildman–Crippen LogP) is 10.4. The number of carbonyl (C=O) groups is 1. The van der Waals surface area contributed by atoms with Crippen molar-refractivity contribution >= 4 is 38.3 Å². The minimum absolute atomic E-state index is 0.303. The lowest BCUT2D eigenvalue weighted by Gasteiger charge is -2.18. The summed E-state index contributed by atoms with van der Waals surface area (Å²) in [7, 11) is 0. The van der Waals surface area contributed by atoms with Gasteiger partial charge in [0.05, 0.1) is 18.1 Å². The third kappa shape index (κ3) is 10.5. The molecule has 8 aromatic rings. The maximum atomic E-state index is 10.8. The molecule has 6 aromatic carbocycles. The highest BCUT2D eigenvalue weighted by atomic mass is 16.4. The van der Waals surface area contributed by atoms with Gasteiger partial charge in [0.1, 0.15) is 0 Å². The molecule has 0 atom stereocenters. The van der Waals surface area contributed by atoms with Gasteiger partial charge in [0.25, 0.3) is 0 Å². The van der Waals surface area contributed by atoms with Crippen molar-refractivity contribution in [3.05, 3.63) is 214 Å². The molecule has 0 amide bonds. The van der Waals surface area contributed by atoms with Crippen LogP contribution in [0.1, 0.15) is 34.3 Å². The van der Waals surface area contributed by atoms with E-state index in [1.807, 2.05) is 66.7 Å². The lowest BCUT2D eigenvalue weighted by atomic mass is 9.86. The van der Waals surface area contributed by atoms with E-state index in [0.29, 0.717) is 5.56 Å². The number of carboxylic acid groups (broad SMARTS) is 1. The van der Waals surface area contributed by atoms with Crippen molar-refractivity contribution in [2.45, 2.75) is 25.7 Å². The Labute approximate surface area is 295 Å². The SMILES string of the molecule is O=C(O)c1cccc2ccccc12.O=c1cccco1.O=c1cccco1.c1ccc2c(c1)ccc1c3c(ccc12)CCCC3.c1ccccc1. The third-order valence-corrected chi connectivity index (χ3v) is 8.16. The maximum absolute atomic E-state index is 10.8. The van der Waals surface area contributed by atoms with Gasteiger partial charge in [-0.25, -0.2) is 14.4 Å². The summed E-state index contributed by atoms with van der Waals surface area (Å²) >= 11 is 0. The van der Waals surface area contributed by atoms with E-state index in [-0.39, 0.29) is 11.3 Å². The fraction of sp³-hybridized carbons (Fsp3) is 0.0889. The average Bonchev–Trinajstić information content (AvgIpc) is 3.19. The Morgan fingerprint density at radius 2 is 0.961 bits per heavy atom. The van der Waals surface area contributed by atoms with Crippen LogP contribution in [0.3, 0.4) is 0 Å². The highest BCUT2D eigenvalue weighted by molar-refractivity contribution is 6.08. The van der Waals surface area contributed by atoms with Crippen molar-refractivity contribution in [2.75, 3.05) is 0 Å². The summed E-state index contributed by atoms with van der Waals surface area (Å²) in [6.07, 6.45) is 7.92. The minimum atomic E-state index is -0.878. The van der Waals surface area contributed by atoms with Gasteiger partial charge >= 0.3 is 17.2 Å². The highest BCUT2D eigenvalue weighted by Gasteiger charge is 2.13. The number of hydrogen-bond donors (Lipinski definition) is 1. The first-order chi connectivity index (χ1) is 25.0. The first-order valence-electron chi connectivity index (χ1n) is 16.7. The third-order valence-electron chi connectivity index (χ3n) is 8.16. The molecule has 0 fully saturated rings. The number of aryl methyl sites for hydroxylation is 2. The zero-order valence-electron chi connectivity index (χ0n) is 28.1. The van der Waals surface area contributed by atoms with Gasteiger partial charge in [0.15, 0.2) is 0 Å². The summed E-state index contributed by atoms with van der Waals surface area (Å²) in [5.41, 5.74) is 2.93. The molecule has 0 bridgehead atoms. The summed E-state index contributed by atoms with van der Waals surface area (Å²) < 4.78 is 8.74. The number of carboxylic acids is 1. The Morgan fingerprint density at radius 3 is 1.51 bits per heavy atom. The predicted molar refractivity (Wildman–Crippen MR) is 205 cm³/mol. The molecular formula is C45H38O6. The maximum Gasteiger partial charge on any atom is 0.336 e. The molecule has 0 radical (unpaired) electrons. The zero-order chi connectivity index (χ0) is 35.7. The molecule has 6 heteroatoms. The zero-order valence-corrected chi connectivity index (χ0v) is 28.1. The van der Waals surface area contributed by atoms with Gasteiger partial charge in [-0.1, -0.05) is 133 Å². The van der Waals surface area contributed by atoms with Gasteiger partial charge in [-0.15, -0.1) is 0 Å². The standard InChI is InChI=1S/C18H16.C11H8O2.C6H6.2C5H4O2/c1-3-7-15-13(5-1)9-11-18-16-8-4-2-6-14(16)10-12-17(15)18;12-11(13)10-7-3-5-8-4-1-2-6-9(8)10;1-2-4-6-5-3-1;2*6-5-3-1-2-4-7-5/h1,3,5,7,9-12H,2,4,6,8H2;1-7H,(H,12,13);1-6H;2*1-4H. The van der Waals surface area contributed by atoms with Crippen molar-refractivity contribution in [1.29, 1.82) is 0 Å². The summed E-state index contributed by atoms with van der Waals surface area (Å²) in [5.74, 6) is -0.878. The van der Waals surface area contributed by atoms with Crippen molar-refractivity contribution in [1.82, 2.24) is 0 Å². The molecule has 51 heavy (non-hydrogen) atoms. The quantitative estimate of drug-likeness (QED) is 0.174. The smallest absolute Gasteiger partial charge is 0.336 e. The molecular weight excluding hydrogens is 636 g/mol. The van der Waals surface area contributed by atoms with Gasteiger partial charge in [-0.3, -0.25) is 0 Å². The Hall–Kier alpha value is -6.53. The van der Waals surface area contributed by atoms with Crippen LogP contribution in [0.5, 0.6) is 0 Å². The second kappa shape index (κ2) is 18.9. The molecule has 1 aliphatic carbocycles. The van der Waals surface area contributed by atoms with E-state index >= 15 is 0 Å². The molecule has 0 saturated heterocycles. The van der Waals surface area contributed by atoms with Crippen LogP contribution in [0.4, 0.5) is 0 Å². The number of fused-ring (bicyclic) bond motifs is 6. The molecule has 0 aliphatic heterocycles. The van der Waals surface area contributed by atoms with E-state index in [1.165, 1.54) is 71.9 Å². The summed E-state index contributed by atoms with van der Waals surface area (Å²) in [6.45, 7) is 0. The van der Waals surface area contributed by atoms with Crippen molar-refractivity contribution < 1.29 is 18.7 Å². The van der Waals surface area contributed by atoms with E-state index in [0.717, 1.165) is 10.8 Å². The molecule has 2 aromatic heterocycles. The van der Waals surface area contributed by atoms with Crippen molar-refractivity contribution in [2.24, 2.45) is 0 Å². The van der Waals surface area contributed by atoms with Crippen LogP contribution >= 0.6 is 0 Å². The van der Waals surface area contributed by atoms with Gasteiger partial charge < -0.3 is 13.9 Å². The first kappa shape index (κ1) is 35.8. The number of hydrogen-bond acceptors (Lipinski definition) is 5. The van der Waals surface area contributed by atoms with Gasteiger partial charge in [-0.2, -0.15) is 0 Å². The molecule has 0 unspecified atom stereocenters. The fourth-order valence-electron chi connectivity index (χ4n) is 5.79. The molecule has 254 valence electrons. The van der Waals surface area contributed by atoms with E-state index in [2.05, 4.69) is 57.4 Å². The van der Waals surface area contributed by atoms with Crippen molar-refractivity contribution in [3.8, 4) is 0 Å². The van der Waals surface area contributed by atoms with Crippen LogP contribution in [0.15, 0.2) is 195 Å². The van der Waals surface area contributed by atoms with Gasteiger partial charge in [-0.05, 0) is 87.3 Å². The minimum Gasteiger partial charge on any atom is -0.478 e. The van der Waals surface area contributed by atoms with Crippen LogP contribution in [-0.4, -0.2) is 11.1 Å². The number of benzene rings is 6. The lowest BCUT2D eigenvalue weighted by molar-refractivity contribution is 0.0699. The van der Waals surface area contributed by atoms with E-state index in [1.54, 1.807) is 47.5 Å². The molecule has 2 heterocycles. The molecule has 0 saturated carbocycles. The Bertz CT molecular complexity index is 2300. The van der Waals surface area contributed by atoms with E-state index in [4.69, 9.17) is 5.11 Å². The Kier molecular flexibility index (Phi) is 13.2. The summed E-state index contributed by atoms with van der Waals surface area (Å²) in [6, 6.07) is 52.0. The monoisotopic (exact) mass is 674 g/mol. The molecule has 6 nitrogen and oxygen atoms in total. The highest BCUT2D eigenvalue weighted by Crippen LogP contribution is 2.33. The Balaban J connectivity index is 0.000000133. The van der Waals surface area contributed by atoms with Crippen LogP contribution in [0.2, 0.25) is 0 Å². The summed E-state index contributed by atoms with van der Waals surface area (Å²) in [4.78, 5) is 31.0. The van der Waals surface area contributed by atoms with E-state index in [9.17, 15) is 14.4 Å². The van der Waals surface area contributed by atoms with Crippen LogP contribution in [-0.2, 0) is 12.8 Å². The fourth-order valence-corrected chi connectivity index (χ4v) is 5.79. The van der Waals surface area contributed by atoms with Crippen LogP contribution in [0, 0.1) is 0 Å². The molecule has 0 spiro atoms. The second-order valence-corrected chi connectivity index (χ2v) is 11.5. The number of aromatic carboxylic acids is 1. The Morgan fingerprint density at radius 1 is 0.451 bits per heavy atom. The molecule has 9 rings (SSSR count). The molecule has 1 aliphatic rings. The average molecular weight is 675 g/mol. The van der Waals surface area contributed by atoms with Crippen molar-refractivity contribution in [3.63, 3.8) is 0 Å². The number of rotatable bonds is 1. The van der Waals surface area contributed by atoms with Gasteiger partial charge in [0, 0.05) is 12.1 Å². The molecule has 1 N–H and O–H groups in total. The first-order valence-corrected chi connectivity index (χ1v) is 16.7. The largest absolute Gasteiger partial charge is 0.478 e. The second-order valence-electron chi connectivity index (χ2n) is 11.5. The normalized spacial score (nSPS) is 11.1.